The van der Waals surface area contributed by atoms with Gasteiger partial charge in [0.2, 0.25) is 0 Å². The van der Waals surface area contributed by atoms with Gasteiger partial charge in [-0.3, -0.25) is 9.59 Å². The Bertz CT molecular complexity index is 911. The van der Waals surface area contributed by atoms with Crippen molar-refractivity contribution in [3.05, 3.63) is 62.9 Å². The Morgan fingerprint density at radius 1 is 1.30 bits per heavy atom. The smallest absolute Gasteiger partial charge is 0.264 e. The second kappa shape index (κ2) is 5.62. The number of hydrogen-bond donors (Lipinski definition) is 2. The number of carbonyl (C=O) groups is 1. The van der Waals surface area contributed by atoms with Crippen LogP contribution in [0.5, 0.6) is 0 Å². The van der Waals surface area contributed by atoms with Crippen LogP contribution in [0.15, 0.2) is 41.2 Å². The first-order valence-electron chi connectivity index (χ1n) is 7.56. The number of fused-ring (bicyclic) bond motifs is 2. The zero-order valence-electron chi connectivity index (χ0n) is 12.3. The van der Waals surface area contributed by atoms with E-state index in [9.17, 15) is 9.59 Å². The van der Waals surface area contributed by atoms with Crippen molar-refractivity contribution in [3.8, 4) is 0 Å². The lowest BCUT2D eigenvalue weighted by Gasteiger charge is -2.24. The minimum atomic E-state index is -0.194. The Morgan fingerprint density at radius 3 is 3.04 bits per heavy atom. The van der Waals surface area contributed by atoms with Crippen LogP contribution in [-0.2, 0) is 12.8 Å². The highest BCUT2D eigenvalue weighted by atomic mass is 32.1. The number of benzene rings is 1. The first-order chi connectivity index (χ1) is 11.2. The third kappa shape index (κ3) is 2.77. The number of aromatic amines is 1. The van der Waals surface area contributed by atoms with Crippen LogP contribution in [0, 0.1) is 0 Å². The van der Waals surface area contributed by atoms with Gasteiger partial charge in [0, 0.05) is 16.8 Å². The molecule has 0 radical (unpaired) electrons. The number of aryl methyl sites for hydroxylation is 1. The number of hydrogen-bond acceptors (Lipinski definition) is 4. The van der Waals surface area contributed by atoms with E-state index in [4.69, 9.17) is 0 Å². The zero-order chi connectivity index (χ0) is 15.8. The lowest BCUT2D eigenvalue weighted by molar-refractivity contribution is 0.0937. The largest absolute Gasteiger partial charge is 0.348 e. The SMILES string of the molecule is O=C(N[C@@H]1CCc2n[nH]c(=O)cc2C1)c1cc2ccccc2s1. The van der Waals surface area contributed by atoms with Gasteiger partial charge in [0.25, 0.3) is 11.5 Å². The topological polar surface area (TPSA) is 74.8 Å². The summed E-state index contributed by atoms with van der Waals surface area (Å²) in [7, 11) is 0. The molecule has 0 saturated heterocycles. The summed E-state index contributed by atoms with van der Waals surface area (Å²) < 4.78 is 1.11. The minimum absolute atomic E-state index is 0.0440. The molecule has 0 aliphatic heterocycles. The van der Waals surface area contributed by atoms with Gasteiger partial charge >= 0.3 is 0 Å². The fraction of sp³-hybridized carbons (Fsp3) is 0.235. The van der Waals surface area contributed by atoms with Gasteiger partial charge in [-0.05, 0) is 42.3 Å². The van der Waals surface area contributed by atoms with E-state index in [-0.39, 0.29) is 17.5 Å². The lowest BCUT2D eigenvalue weighted by Crippen LogP contribution is -2.39. The third-order valence-electron chi connectivity index (χ3n) is 4.16. The molecule has 4 rings (SSSR count). The van der Waals surface area contributed by atoms with Crippen LogP contribution in [-0.4, -0.2) is 22.1 Å². The van der Waals surface area contributed by atoms with Crippen molar-refractivity contribution in [2.75, 3.05) is 0 Å². The van der Waals surface area contributed by atoms with Crippen molar-refractivity contribution in [2.24, 2.45) is 0 Å². The summed E-state index contributed by atoms with van der Waals surface area (Å²) in [6.45, 7) is 0. The van der Waals surface area contributed by atoms with Gasteiger partial charge in [-0.25, -0.2) is 5.10 Å². The van der Waals surface area contributed by atoms with Crippen molar-refractivity contribution < 1.29 is 4.79 Å². The van der Waals surface area contributed by atoms with E-state index in [1.807, 2.05) is 30.3 Å². The van der Waals surface area contributed by atoms with Gasteiger partial charge in [0.1, 0.15) is 0 Å². The van der Waals surface area contributed by atoms with Crippen LogP contribution in [0.3, 0.4) is 0 Å². The number of nitrogens with zero attached hydrogens (tertiary/aromatic N) is 1. The number of nitrogens with one attached hydrogen (secondary N) is 2. The molecule has 1 aliphatic carbocycles. The summed E-state index contributed by atoms with van der Waals surface area (Å²) in [6, 6.07) is 11.5. The molecule has 1 amide bonds. The average molecular weight is 325 g/mol. The molecule has 23 heavy (non-hydrogen) atoms. The summed E-state index contributed by atoms with van der Waals surface area (Å²) in [5.74, 6) is -0.0440. The van der Waals surface area contributed by atoms with Gasteiger partial charge in [0.15, 0.2) is 0 Å². The van der Waals surface area contributed by atoms with Crippen molar-refractivity contribution in [1.82, 2.24) is 15.5 Å². The van der Waals surface area contributed by atoms with Gasteiger partial charge in [-0.15, -0.1) is 11.3 Å². The summed E-state index contributed by atoms with van der Waals surface area (Å²) >= 11 is 1.50. The standard InChI is InChI=1S/C17H15N3O2S/c21-16-9-11-7-12(5-6-13(11)19-20-16)18-17(22)15-8-10-3-1-2-4-14(10)23-15/h1-4,8-9,12H,5-7H2,(H,18,22)(H,20,21)/t12-/m1/s1. The predicted octanol–water partition coefficient (Wildman–Crippen LogP) is 2.27. The molecule has 2 N–H and O–H groups in total. The molecule has 2 aromatic heterocycles. The maximum atomic E-state index is 12.5. The van der Waals surface area contributed by atoms with E-state index in [0.717, 1.165) is 39.1 Å². The zero-order valence-corrected chi connectivity index (χ0v) is 13.2. The Balaban J connectivity index is 1.52. The number of amides is 1. The van der Waals surface area contributed by atoms with Crippen LogP contribution in [0.2, 0.25) is 0 Å². The summed E-state index contributed by atoms with van der Waals surface area (Å²) in [4.78, 5) is 24.6. The Labute approximate surface area is 136 Å². The highest BCUT2D eigenvalue weighted by Gasteiger charge is 2.22. The molecule has 0 spiro atoms. The Morgan fingerprint density at radius 2 is 2.17 bits per heavy atom. The fourth-order valence-electron chi connectivity index (χ4n) is 3.01. The van der Waals surface area contributed by atoms with Crippen molar-refractivity contribution in [3.63, 3.8) is 0 Å². The highest BCUT2D eigenvalue weighted by Crippen LogP contribution is 2.26. The average Bonchev–Trinajstić information content (AvgIpc) is 2.98. The van der Waals surface area contributed by atoms with E-state index in [1.54, 1.807) is 6.07 Å². The molecular formula is C17H15N3O2S. The third-order valence-corrected chi connectivity index (χ3v) is 5.27. The van der Waals surface area contributed by atoms with E-state index in [0.29, 0.717) is 6.42 Å². The summed E-state index contributed by atoms with van der Waals surface area (Å²) in [5.41, 5.74) is 1.67. The molecule has 0 saturated carbocycles. The number of rotatable bonds is 2. The maximum absolute atomic E-state index is 12.5. The van der Waals surface area contributed by atoms with Crippen molar-refractivity contribution in [1.29, 1.82) is 0 Å². The first-order valence-corrected chi connectivity index (χ1v) is 8.37. The number of thiophene rings is 1. The second-order valence-electron chi connectivity index (χ2n) is 5.77. The fourth-order valence-corrected chi connectivity index (χ4v) is 3.98. The van der Waals surface area contributed by atoms with E-state index >= 15 is 0 Å². The molecule has 1 aliphatic rings. The molecule has 1 aromatic carbocycles. The maximum Gasteiger partial charge on any atom is 0.264 e. The molecular weight excluding hydrogens is 310 g/mol. The van der Waals surface area contributed by atoms with Crippen LogP contribution in [0.25, 0.3) is 10.1 Å². The molecule has 5 nitrogen and oxygen atoms in total. The monoisotopic (exact) mass is 325 g/mol. The van der Waals surface area contributed by atoms with Crippen LogP contribution in [0.4, 0.5) is 0 Å². The number of aromatic nitrogens is 2. The van der Waals surface area contributed by atoms with Crippen LogP contribution >= 0.6 is 11.3 Å². The van der Waals surface area contributed by atoms with E-state index < -0.39 is 0 Å². The number of carbonyl (C=O) groups excluding carboxylic acids is 1. The molecule has 0 unspecified atom stereocenters. The first kappa shape index (κ1) is 14.1. The lowest BCUT2D eigenvalue weighted by atomic mass is 9.92. The van der Waals surface area contributed by atoms with Gasteiger partial charge in [-0.2, -0.15) is 5.10 Å². The quantitative estimate of drug-likeness (QED) is 0.759. The molecule has 6 heteroatoms. The van der Waals surface area contributed by atoms with Crippen LogP contribution < -0.4 is 10.9 Å². The molecule has 0 fully saturated rings. The molecule has 116 valence electrons. The van der Waals surface area contributed by atoms with Crippen molar-refractivity contribution in [2.45, 2.75) is 25.3 Å². The van der Waals surface area contributed by atoms with Crippen LogP contribution in [0.1, 0.15) is 27.3 Å². The summed E-state index contributed by atoms with van der Waals surface area (Å²) in [6.07, 6.45) is 2.26. The summed E-state index contributed by atoms with van der Waals surface area (Å²) in [5, 5.41) is 10.7. The van der Waals surface area contributed by atoms with Gasteiger partial charge in [-0.1, -0.05) is 18.2 Å². The van der Waals surface area contributed by atoms with Gasteiger partial charge < -0.3 is 5.32 Å². The molecule has 2 heterocycles. The second-order valence-corrected chi connectivity index (χ2v) is 6.85. The highest BCUT2D eigenvalue weighted by molar-refractivity contribution is 7.20. The Hall–Kier alpha value is -2.47. The molecule has 0 bridgehead atoms. The number of H-pyrrole nitrogens is 1. The predicted molar refractivity (Wildman–Crippen MR) is 90.0 cm³/mol. The normalized spacial score (nSPS) is 17.0. The van der Waals surface area contributed by atoms with E-state index in [2.05, 4.69) is 15.5 Å². The van der Waals surface area contributed by atoms with Crippen molar-refractivity contribution >= 4 is 27.3 Å². The Kier molecular flexibility index (Phi) is 3.46. The van der Waals surface area contributed by atoms with Gasteiger partial charge in [0.05, 0.1) is 10.6 Å². The minimum Gasteiger partial charge on any atom is -0.348 e. The van der Waals surface area contributed by atoms with E-state index in [1.165, 1.54) is 11.3 Å². The molecule has 3 aromatic rings. The molecule has 1 atom stereocenters.